The van der Waals surface area contributed by atoms with Crippen LogP contribution in [0.15, 0.2) is 22.5 Å². The van der Waals surface area contributed by atoms with Crippen molar-refractivity contribution in [1.29, 1.82) is 0 Å². The van der Waals surface area contributed by atoms with E-state index in [0.29, 0.717) is 12.0 Å². The Morgan fingerprint density at radius 1 is 1.25 bits per heavy atom. The maximum absolute atomic E-state index is 4.80. The summed E-state index contributed by atoms with van der Waals surface area (Å²) in [5.41, 5.74) is 0. The normalized spacial score (nSPS) is 19.9. The summed E-state index contributed by atoms with van der Waals surface area (Å²) in [5.74, 6) is 1.44. The van der Waals surface area contributed by atoms with Crippen LogP contribution < -0.4 is 10.6 Å². The van der Waals surface area contributed by atoms with E-state index in [1.165, 1.54) is 4.88 Å². The Bertz CT molecular complexity index is 480. The average Bonchev–Trinajstić information content (AvgIpc) is 3.12. The van der Waals surface area contributed by atoms with Gasteiger partial charge in [0.25, 0.3) is 0 Å². The van der Waals surface area contributed by atoms with E-state index >= 15 is 0 Å². The van der Waals surface area contributed by atoms with Gasteiger partial charge in [-0.3, -0.25) is 9.89 Å². The smallest absolute Gasteiger partial charge is 0.191 e. The molecule has 1 aromatic heterocycles. The Morgan fingerprint density at radius 2 is 2.00 bits per heavy atom. The molecule has 1 aliphatic rings. The maximum Gasteiger partial charge on any atom is 0.191 e. The Kier molecular flexibility index (Phi) is 8.02. The van der Waals surface area contributed by atoms with Crippen LogP contribution in [0.1, 0.15) is 31.6 Å². The number of aliphatic imine (C=N–C) groups is 1. The molecule has 0 saturated carbocycles. The molecular weight excluding hydrogens is 318 g/mol. The van der Waals surface area contributed by atoms with E-state index in [2.05, 4.69) is 65.8 Å². The van der Waals surface area contributed by atoms with Crippen LogP contribution in [0.25, 0.3) is 0 Å². The van der Waals surface area contributed by atoms with Crippen molar-refractivity contribution in [2.24, 2.45) is 4.99 Å². The monoisotopic (exact) mass is 351 g/mol. The molecule has 6 heteroatoms. The number of guanidine groups is 1. The summed E-state index contributed by atoms with van der Waals surface area (Å²) in [4.78, 5) is 11.2. The van der Waals surface area contributed by atoms with Gasteiger partial charge in [-0.25, -0.2) is 0 Å². The Hall–Kier alpha value is -1.11. The van der Waals surface area contributed by atoms with Crippen LogP contribution in [0, 0.1) is 0 Å². The minimum atomic E-state index is 0.490. The molecule has 0 radical (unpaired) electrons. The lowest BCUT2D eigenvalue weighted by Gasteiger charge is -2.35. The van der Waals surface area contributed by atoms with Crippen molar-refractivity contribution < 1.29 is 0 Å². The average molecular weight is 352 g/mol. The molecule has 1 fully saturated rings. The lowest BCUT2D eigenvalue weighted by atomic mass is 10.1. The van der Waals surface area contributed by atoms with Gasteiger partial charge in [0.1, 0.15) is 0 Å². The Morgan fingerprint density at radius 3 is 2.62 bits per heavy atom. The zero-order valence-electron chi connectivity index (χ0n) is 15.6. The number of piperazine rings is 1. The molecule has 1 saturated heterocycles. The highest BCUT2D eigenvalue weighted by Gasteiger charge is 2.18. The van der Waals surface area contributed by atoms with Gasteiger partial charge in [0.2, 0.25) is 0 Å². The largest absolute Gasteiger partial charge is 0.357 e. The quantitative estimate of drug-likeness (QED) is 0.583. The van der Waals surface area contributed by atoms with Crippen LogP contribution in [0.2, 0.25) is 0 Å². The minimum Gasteiger partial charge on any atom is -0.357 e. The van der Waals surface area contributed by atoms with Crippen LogP contribution in [0.4, 0.5) is 0 Å². The molecule has 0 aliphatic carbocycles. The molecular formula is C18H33N5S. The summed E-state index contributed by atoms with van der Waals surface area (Å²) in [6.07, 6.45) is 0. The molecule has 2 heterocycles. The van der Waals surface area contributed by atoms with Gasteiger partial charge >= 0.3 is 0 Å². The number of likely N-dealkylation sites (N-methyl/N-ethyl adjacent to an activating group) is 1. The summed E-state index contributed by atoms with van der Waals surface area (Å²) in [5, 5.41) is 9.00. The number of nitrogens with zero attached hydrogens (tertiary/aromatic N) is 3. The van der Waals surface area contributed by atoms with Gasteiger partial charge in [-0.15, -0.1) is 11.3 Å². The van der Waals surface area contributed by atoms with Crippen LogP contribution in [0.3, 0.4) is 0 Å². The SMILES string of the molecule is CCNC(=NCC(C)N1CCN(C)CC1)NCC(C)c1cccs1. The van der Waals surface area contributed by atoms with Gasteiger partial charge < -0.3 is 15.5 Å². The maximum atomic E-state index is 4.80. The summed E-state index contributed by atoms with van der Waals surface area (Å²) in [6, 6.07) is 4.81. The number of hydrogen-bond donors (Lipinski definition) is 2. The van der Waals surface area contributed by atoms with Crippen molar-refractivity contribution in [2.75, 3.05) is 52.9 Å². The molecule has 0 amide bonds. The number of nitrogens with one attached hydrogen (secondary N) is 2. The van der Waals surface area contributed by atoms with Gasteiger partial charge in [0.05, 0.1) is 6.54 Å². The van der Waals surface area contributed by atoms with E-state index in [9.17, 15) is 0 Å². The molecule has 2 N–H and O–H groups in total. The molecule has 0 spiro atoms. The zero-order valence-corrected chi connectivity index (χ0v) is 16.4. The number of rotatable bonds is 7. The fourth-order valence-electron chi connectivity index (χ4n) is 2.87. The summed E-state index contributed by atoms with van der Waals surface area (Å²) >= 11 is 1.82. The predicted molar refractivity (Wildman–Crippen MR) is 105 cm³/mol. The van der Waals surface area contributed by atoms with E-state index in [1.54, 1.807) is 0 Å². The molecule has 2 rings (SSSR count). The number of hydrogen-bond acceptors (Lipinski definition) is 4. The van der Waals surface area contributed by atoms with Gasteiger partial charge in [0, 0.05) is 56.1 Å². The van der Waals surface area contributed by atoms with E-state index in [-0.39, 0.29) is 0 Å². The highest BCUT2D eigenvalue weighted by Crippen LogP contribution is 2.19. The standard InChI is InChI=1S/C18H33N5S/c1-5-19-18(20-13-15(2)17-7-6-12-24-17)21-14-16(3)23-10-8-22(4)9-11-23/h6-7,12,15-16H,5,8-11,13-14H2,1-4H3,(H2,19,20,21). The molecule has 2 unspecified atom stereocenters. The molecule has 136 valence electrons. The van der Waals surface area contributed by atoms with E-state index in [0.717, 1.165) is 51.8 Å². The van der Waals surface area contributed by atoms with Gasteiger partial charge in [-0.1, -0.05) is 13.0 Å². The first kappa shape index (κ1) is 19.2. The molecule has 0 aromatic carbocycles. The predicted octanol–water partition coefficient (Wildman–Crippen LogP) is 2.04. The highest BCUT2D eigenvalue weighted by atomic mass is 32.1. The van der Waals surface area contributed by atoms with Crippen molar-refractivity contribution >= 4 is 17.3 Å². The summed E-state index contributed by atoms with van der Waals surface area (Å²) in [7, 11) is 2.20. The van der Waals surface area contributed by atoms with Crippen molar-refractivity contribution in [3.8, 4) is 0 Å². The van der Waals surface area contributed by atoms with Gasteiger partial charge in [-0.2, -0.15) is 0 Å². The first-order chi connectivity index (χ1) is 11.6. The second-order valence-electron chi connectivity index (χ2n) is 6.71. The van der Waals surface area contributed by atoms with Crippen molar-refractivity contribution in [3.63, 3.8) is 0 Å². The lowest BCUT2D eigenvalue weighted by molar-refractivity contribution is 0.122. The van der Waals surface area contributed by atoms with Crippen LogP contribution in [-0.2, 0) is 0 Å². The third kappa shape index (κ3) is 6.07. The minimum absolute atomic E-state index is 0.490. The Balaban J connectivity index is 1.81. The molecule has 0 bridgehead atoms. The fraction of sp³-hybridized carbons (Fsp3) is 0.722. The van der Waals surface area contributed by atoms with Crippen LogP contribution >= 0.6 is 11.3 Å². The fourth-order valence-corrected chi connectivity index (χ4v) is 3.65. The topological polar surface area (TPSA) is 42.9 Å². The molecule has 1 aliphatic heterocycles. The third-order valence-electron chi connectivity index (χ3n) is 4.62. The van der Waals surface area contributed by atoms with E-state index in [1.807, 2.05) is 11.3 Å². The lowest BCUT2D eigenvalue weighted by Crippen LogP contribution is -2.49. The van der Waals surface area contributed by atoms with E-state index < -0.39 is 0 Å². The molecule has 1 aromatic rings. The first-order valence-electron chi connectivity index (χ1n) is 9.08. The second kappa shape index (κ2) is 10.0. The summed E-state index contributed by atoms with van der Waals surface area (Å²) in [6.45, 7) is 13.9. The Labute approximate surface area is 151 Å². The summed E-state index contributed by atoms with van der Waals surface area (Å²) < 4.78 is 0. The zero-order chi connectivity index (χ0) is 17.4. The van der Waals surface area contributed by atoms with Gasteiger partial charge in [-0.05, 0) is 32.3 Å². The third-order valence-corrected chi connectivity index (χ3v) is 5.73. The van der Waals surface area contributed by atoms with Crippen LogP contribution in [-0.4, -0.2) is 74.7 Å². The van der Waals surface area contributed by atoms with Crippen molar-refractivity contribution in [2.45, 2.75) is 32.7 Å². The van der Waals surface area contributed by atoms with Crippen molar-refractivity contribution in [1.82, 2.24) is 20.4 Å². The van der Waals surface area contributed by atoms with Crippen molar-refractivity contribution in [3.05, 3.63) is 22.4 Å². The molecule has 2 atom stereocenters. The number of thiophene rings is 1. The highest BCUT2D eigenvalue weighted by molar-refractivity contribution is 7.10. The van der Waals surface area contributed by atoms with E-state index in [4.69, 9.17) is 4.99 Å². The first-order valence-corrected chi connectivity index (χ1v) is 9.96. The molecule has 24 heavy (non-hydrogen) atoms. The second-order valence-corrected chi connectivity index (χ2v) is 7.68. The van der Waals surface area contributed by atoms with Gasteiger partial charge in [0.15, 0.2) is 5.96 Å². The van der Waals surface area contributed by atoms with Crippen LogP contribution in [0.5, 0.6) is 0 Å². The molecule has 5 nitrogen and oxygen atoms in total.